The third kappa shape index (κ3) is 5.06. The summed E-state index contributed by atoms with van der Waals surface area (Å²) in [7, 11) is 1.60. The van der Waals surface area contributed by atoms with E-state index in [-0.39, 0.29) is 12.5 Å². The van der Waals surface area contributed by atoms with Gasteiger partial charge < -0.3 is 14.4 Å². The Kier molecular flexibility index (Phi) is 6.16. The van der Waals surface area contributed by atoms with Crippen LogP contribution in [0.2, 0.25) is 0 Å². The summed E-state index contributed by atoms with van der Waals surface area (Å²) in [6.07, 6.45) is 1.13. The Bertz CT molecular complexity index is 548. The number of carbonyl (C=O) groups excluding carboxylic acids is 2. The molecule has 2 atom stereocenters. The zero-order chi connectivity index (χ0) is 16.8. The molecule has 1 fully saturated rings. The molecule has 126 valence electrons. The van der Waals surface area contributed by atoms with Crippen LogP contribution in [0.5, 0.6) is 0 Å². The van der Waals surface area contributed by atoms with Gasteiger partial charge in [-0.05, 0) is 36.0 Å². The average molecular weight is 319 g/mol. The number of ether oxygens (including phenoxy) is 2. The number of likely N-dealkylation sites (tertiary alicyclic amines) is 1. The van der Waals surface area contributed by atoms with E-state index in [4.69, 9.17) is 9.47 Å². The standard InChI is InChI=1S/C18H25NO4/c1-13-7-14(2)10-19(9-13)17(20)12-23-18(21)16-6-4-5-15(8-16)11-22-3/h4-6,8,13-14H,7,9-12H2,1-3H3. The minimum absolute atomic E-state index is 0.121. The zero-order valence-electron chi connectivity index (χ0n) is 14.1. The fourth-order valence-corrected chi connectivity index (χ4v) is 3.12. The highest BCUT2D eigenvalue weighted by Gasteiger charge is 2.26. The summed E-state index contributed by atoms with van der Waals surface area (Å²) in [6.45, 7) is 6.00. The summed E-state index contributed by atoms with van der Waals surface area (Å²) in [5.74, 6) is 0.382. The van der Waals surface area contributed by atoms with E-state index >= 15 is 0 Å². The lowest BCUT2D eigenvalue weighted by Crippen LogP contribution is -2.44. The van der Waals surface area contributed by atoms with Crippen molar-refractivity contribution in [3.63, 3.8) is 0 Å². The van der Waals surface area contributed by atoms with Gasteiger partial charge in [-0.1, -0.05) is 26.0 Å². The molecule has 1 aromatic rings. The Labute approximate surface area is 137 Å². The molecule has 2 unspecified atom stereocenters. The monoisotopic (exact) mass is 319 g/mol. The number of piperidine rings is 1. The van der Waals surface area contributed by atoms with Crippen LogP contribution in [0.25, 0.3) is 0 Å². The second kappa shape index (κ2) is 8.11. The molecular formula is C18H25NO4. The van der Waals surface area contributed by atoms with Gasteiger partial charge in [-0.25, -0.2) is 4.79 Å². The van der Waals surface area contributed by atoms with Crippen molar-refractivity contribution in [3.8, 4) is 0 Å². The Morgan fingerprint density at radius 1 is 1.22 bits per heavy atom. The molecule has 1 aliphatic heterocycles. The lowest BCUT2D eigenvalue weighted by molar-refractivity contribution is -0.137. The largest absolute Gasteiger partial charge is 0.452 e. The maximum atomic E-state index is 12.2. The first-order valence-electron chi connectivity index (χ1n) is 8.02. The van der Waals surface area contributed by atoms with Crippen LogP contribution in [0.1, 0.15) is 36.2 Å². The highest BCUT2D eigenvalue weighted by atomic mass is 16.5. The van der Waals surface area contributed by atoms with Crippen LogP contribution in [0.4, 0.5) is 0 Å². The van der Waals surface area contributed by atoms with Crippen molar-refractivity contribution in [2.75, 3.05) is 26.8 Å². The van der Waals surface area contributed by atoms with Gasteiger partial charge in [-0.3, -0.25) is 4.79 Å². The first kappa shape index (κ1) is 17.5. The SMILES string of the molecule is COCc1cccc(C(=O)OCC(=O)N2CC(C)CC(C)C2)c1. The van der Waals surface area contributed by atoms with E-state index in [1.165, 1.54) is 0 Å². The van der Waals surface area contributed by atoms with Crippen molar-refractivity contribution in [1.29, 1.82) is 0 Å². The van der Waals surface area contributed by atoms with Crippen molar-refractivity contribution in [2.24, 2.45) is 11.8 Å². The fourth-order valence-electron chi connectivity index (χ4n) is 3.12. The van der Waals surface area contributed by atoms with Crippen molar-refractivity contribution in [3.05, 3.63) is 35.4 Å². The molecule has 0 aromatic heterocycles. The molecule has 1 amide bonds. The van der Waals surface area contributed by atoms with Gasteiger partial charge >= 0.3 is 5.97 Å². The third-order valence-electron chi connectivity index (χ3n) is 4.02. The van der Waals surface area contributed by atoms with Gasteiger partial charge in [0.1, 0.15) is 0 Å². The Morgan fingerprint density at radius 3 is 2.57 bits per heavy atom. The summed E-state index contributed by atoms with van der Waals surface area (Å²) < 4.78 is 10.2. The van der Waals surface area contributed by atoms with Crippen molar-refractivity contribution >= 4 is 11.9 Å². The number of nitrogens with zero attached hydrogens (tertiary/aromatic N) is 1. The van der Waals surface area contributed by atoms with Crippen LogP contribution < -0.4 is 0 Å². The van der Waals surface area contributed by atoms with E-state index in [2.05, 4.69) is 13.8 Å². The molecule has 0 bridgehead atoms. The van der Waals surface area contributed by atoms with Crippen LogP contribution in [-0.2, 0) is 20.9 Å². The lowest BCUT2D eigenvalue weighted by atomic mass is 9.92. The first-order valence-corrected chi connectivity index (χ1v) is 8.02. The number of esters is 1. The summed E-state index contributed by atoms with van der Waals surface area (Å²) >= 11 is 0. The first-order chi connectivity index (χ1) is 11.0. The predicted molar refractivity (Wildman–Crippen MR) is 87.0 cm³/mol. The van der Waals surface area contributed by atoms with Crippen LogP contribution in [0.15, 0.2) is 24.3 Å². The second-order valence-corrected chi connectivity index (χ2v) is 6.45. The number of methoxy groups -OCH3 is 1. The fraction of sp³-hybridized carbons (Fsp3) is 0.556. The Morgan fingerprint density at radius 2 is 1.91 bits per heavy atom. The third-order valence-corrected chi connectivity index (χ3v) is 4.02. The Hall–Kier alpha value is -1.88. The molecule has 23 heavy (non-hydrogen) atoms. The molecule has 1 aliphatic rings. The molecule has 1 aromatic carbocycles. The normalized spacial score (nSPS) is 21.1. The lowest BCUT2D eigenvalue weighted by Gasteiger charge is -2.34. The van der Waals surface area contributed by atoms with E-state index in [9.17, 15) is 9.59 Å². The number of rotatable bonds is 5. The molecule has 1 saturated heterocycles. The minimum atomic E-state index is -0.477. The Balaban J connectivity index is 1.88. The number of benzene rings is 1. The topological polar surface area (TPSA) is 55.8 Å². The molecule has 1 heterocycles. The zero-order valence-corrected chi connectivity index (χ0v) is 14.1. The highest BCUT2D eigenvalue weighted by Crippen LogP contribution is 2.21. The predicted octanol–water partition coefficient (Wildman–Crippen LogP) is 2.49. The average Bonchev–Trinajstić information content (AvgIpc) is 2.52. The minimum Gasteiger partial charge on any atom is -0.452 e. The summed E-state index contributed by atoms with van der Waals surface area (Å²) in [6, 6.07) is 7.06. The van der Waals surface area contributed by atoms with Gasteiger partial charge in [-0.2, -0.15) is 0 Å². The highest BCUT2D eigenvalue weighted by molar-refractivity contribution is 5.91. The van der Waals surface area contributed by atoms with Crippen LogP contribution in [-0.4, -0.2) is 43.6 Å². The van der Waals surface area contributed by atoms with Gasteiger partial charge in [-0.15, -0.1) is 0 Å². The van der Waals surface area contributed by atoms with E-state index in [0.717, 1.165) is 25.1 Å². The number of amides is 1. The quantitative estimate of drug-likeness (QED) is 0.783. The van der Waals surface area contributed by atoms with Crippen molar-refractivity contribution < 1.29 is 19.1 Å². The number of hydrogen-bond acceptors (Lipinski definition) is 4. The van der Waals surface area contributed by atoms with E-state index < -0.39 is 5.97 Å². The van der Waals surface area contributed by atoms with Gasteiger partial charge in [0.25, 0.3) is 5.91 Å². The van der Waals surface area contributed by atoms with E-state index in [1.54, 1.807) is 30.2 Å². The van der Waals surface area contributed by atoms with E-state index in [1.807, 2.05) is 6.07 Å². The van der Waals surface area contributed by atoms with Gasteiger partial charge in [0, 0.05) is 20.2 Å². The van der Waals surface area contributed by atoms with Gasteiger partial charge in [0.2, 0.25) is 0 Å². The molecule has 2 rings (SSSR count). The number of hydrogen-bond donors (Lipinski definition) is 0. The van der Waals surface area contributed by atoms with Crippen molar-refractivity contribution in [2.45, 2.75) is 26.9 Å². The smallest absolute Gasteiger partial charge is 0.338 e. The van der Waals surface area contributed by atoms with Crippen LogP contribution >= 0.6 is 0 Å². The molecular weight excluding hydrogens is 294 g/mol. The molecule has 0 saturated carbocycles. The second-order valence-electron chi connectivity index (χ2n) is 6.45. The molecule has 0 N–H and O–H groups in total. The summed E-state index contributed by atoms with van der Waals surface area (Å²) in [4.78, 5) is 26.1. The van der Waals surface area contributed by atoms with Crippen LogP contribution in [0.3, 0.4) is 0 Å². The molecule has 5 nitrogen and oxygen atoms in total. The van der Waals surface area contributed by atoms with Gasteiger partial charge in [0.15, 0.2) is 6.61 Å². The molecule has 0 spiro atoms. The maximum Gasteiger partial charge on any atom is 0.338 e. The van der Waals surface area contributed by atoms with Crippen LogP contribution in [0, 0.1) is 11.8 Å². The van der Waals surface area contributed by atoms with E-state index in [0.29, 0.717) is 24.0 Å². The molecule has 5 heteroatoms. The number of carbonyl (C=O) groups is 2. The molecule has 0 aliphatic carbocycles. The maximum absolute atomic E-state index is 12.2. The summed E-state index contributed by atoms with van der Waals surface area (Å²) in [5, 5.41) is 0. The summed E-state index contributed by atoms with van der Waals surface area (Å²) in [5.41, 5.74) is 1.33. The van der Waals surface area contributed by atoms with Crippen molar-refractivity contribution in [1.82, 2.24) is 4.90 Å². The molecule has 0 radical (unpaired) electrons. The van der Waals surface area contributed by atoms with Gasteiger partial charge in [0.05, 0.1) is 12.2 Å².